The Morgan fingerprint density at radius 2 is 1.65 bits per heavy atom. The number of sulfonamides is 1. The zero-order chi connectivity index (χ0) is 15.7. The maximum Gasteiger partial charge on any atom is 0.307 e. The fraction of sp³-hybridized carbons (Fsp3) is 0.364. The highest BCUT2D eigenvalue weighted by atomic mass is 35.5. The van der Waals surface area contributed by atoms with Crippen LogP contribution in [-0.4, -0.2) is 25.5 Å². The molecule has 0 saturated carbocycles. The highest BCUT2D eigenvalue weighted by molar-refractivity contribution is 7.89. The smallest absolute Gasteiger partial charge is 0.307 e. The standard InChI is InChI=1S/C11H12Cl3NO4S/c1-5(11(16)17)6(2)15-20(18,19)10-8(13)3-7(12)4-9(10)14/h3-6,15H,1-2H3,(H,16,17). The summed E-state index contributed by atoms with van der Waals surface area (Å²) in [5, 5.41) is 8.79. The number of hydrogen-bond acceptors (Lipinski definition) is 3. The molecule has 0 radical (unpaired) electrons. The van der Waals surface area contributed by atoms with Gasteiger partial charge in [-0.25, -0.2) is 13.1 Å². The molecule has 0 fully saturated rings. The number of nitrogens with one attached hydrogen (secondary N) is 1. The lowest BCUT2D eigenvalue weighted by Gasteiger charge is -2.19. The van der Waals surface area contributed by atoms with Crippen LogP contribution in [0.5, 0.6) is 0 Å². The molecule has 9 heteroatoms. The first-order valence-corrected chi connectivity index (χ1v) is 8.07. The maximum absolute atomic E-state index is 12.2. The molecule has 0 spiro atoms. The summed E-state index contributed by atoms with van der Waals surface area (Å²) in [5.41, 5.74) is 0. The van der Waals surface area contributed by atoms with Crippen molar-refractivity contribution in [3.8, 4) is 0 Å². The Morgan fingerprint density at radius 1 is 1.20 bits per heavy atom. The molecule has 0 aliphatic carbocycles. The number of carboxylic acid groups (broad SMARTS) is 1. The van der Waals surface area contributed by atoms with Gasteiger partial charge in [0.15, 0.2) is 0 Å². The Kier molecular flexibility index (Phi) is 5.69. The highest BCUT2D eigenvalue weighted by Crippen LogP contribution is 2.32. The Hall–Kier alpha value is -0.530. The fourth-order valence-corrected chi connectivity index (χ4v) is 4.27. The van der Waals surface area contributed by atoms with E-state index in [0.29, 0.717) is 0 Å². The van der Waals surface area contributed by atoms with Gasteiger partial charge in [-0.05, 0) is 19.1 Å². The third-order valence-corrected chi connectivity index (χ3v) is 5.41. The molecule has 1 aromatic carbocycles. The Balaban J connectivity index is 3.16. The van der Waals surface area contributed by atoms with Gasteiger partial charge in [0.05, 0.1) is 16.0 Å². The first-order chi connectivity index (χ1) is 9.06. The Bertz CT molecular complexity index is 610. The van der Waals surface area contributed by atoms with E-state index in [2.05, 4.69) is 4.72 Å². The van der Waals surface area contributed by atoms with E-state index in [1.165, 1.54) is 26.0 Å². The molecule has 2 atom stereocenters. The average Bonchev–Trinajstić information content (AvgIpc) is 2.24. The van der Waals surface area contributed by atoms with Crippen molar-refractivity contribution in [3.05, 3.63) is 27.2 Å². The second kappa shape index (κ2) is 6.49. The van der Waals surface area contributed by atoms with Gasteiger partial charge >= 0.3 is 5.97 Å². The number of benzene rings is 1. The summed E-state index contributed by atoms with van der Waals surface area (Å²) in [6.45, 7) is 2.83. The van der Waals surface area contributed by atoms with Crippen molar-refractivity contribution in [2.24, 2.45) is 5.92 Å². The molecule has 1 aromatic rings. The van der Waals surface area contributed by atoms with Crippen LogP contribution in [0.4, 0.5) is 0 Å². The largest absolute Gasteiger partial charge is 0.481 e. The van der Waals surface area contributed by atoms with Crippen molar-refractivity contribution in [1.82, 2.24) is 4.72 Å². The number of halogens is 3. The minimum atomic E-state index is -4.05. The van der Waals surface area contributed by atoms with Crippen LogP contribution in [0.25, 0.3) is 0 Å². The van der Waals surface area contributed by atoms with Crippen LogP contribution >= 0.6 is 34.8 Å². The van der Waals surface area contributed by atoms with Gasteiger partial charge in [-0.1, -0.05) is 41.7 Å². The quantitative estimate of drug-likeness (QED) is 0.845. The topological polar surface area (TPSA) is 83.5 Å². The molecule has 1 rings (SSSR count). The van der Waals surface area contributed by atoms with Crippen LogP contribution in [-0.2, 0) is 14.8 Å². The van der Waals surface area contributed by atoms with Crippen LogP contribution in [0.2, 0.25) is 15.1 Å². The normalized spacial score (nSPS) is 14.8. The SMILES string of the molecule is CC(NS(=O)(=O)c1c(Cl)cc(Cl)cc1Cl)C(C)C(=O)O. The lowest BCUT2D eigenvalue weighted by atomic mass is 10.1. The summed E-state index contributed by atoms with van der Waals surface area (Å²) in [5.74, 6) is -2.02. The van der Waals surface area contributed by atoms with Crippen LogP contribution in [0, 0.1) is 5.92 Å². The molecule has 0 amide bonds. The zero-order valence-corrected chi connectivity index (χ0v) is 13.6. The Morgan fingerprint density at radius 3 is 2.05 bits per heavy atom. The molecular weight excluding hydrogens is 349 g/mol. The number of carbonyl (C=O) groups is 1. The summed E-state index contributed by atoms with van der Waals surface area (Å²) >= 11 is 17.4. The minimum Gasteiger partial charge on any atom is -0.481 e. The van der Waals surface area contributed by atoms with Crippen LogP contribution < -0.4 is 4.72 Å². The van der Waals surface area contributed by atoms with E-state index in [-0.39, 0.29) is 20.0 Å². The highest BCUT2D eigenvalue weighted by Gasteiger charge is 2.28. The van der Waals surface area contributed by atoms with E-state index in [1.807, 2.05) is 0 Å². The van der Waals surface area contributed by atoms with E-state index in [1.54, 1.807) is 0 Å². The molecule has 0 bridgehead atoms. The first kappa shape index (κ1) is 17.5. The number of rotatable bonds is 5. The molecule has 2 N–H and O–H groups in total. The predicted octanol–water partition coefficient (Wildman–Crippen LogP) is 3.03. The van der Waals surface area contributed by atoms with Gasteiger partial charge in [-0.15, -0.1) is 0 Å². The molecule has 0 aromatic heterocycles. The number of carboxylic acids is 1. The summed E-state index contributed by atoms with van der Waals surface area (Å²) < 4.78 is 26.6. The third kappa shape index (κ3) is 3.99. The van der Waals surface area contributed by atoms with E-state index in [0.717, 1.165) is 0 Å². The third-order valence-electron chi connectivity index (χ3n) is 2.71. The molecule has 20 heavy (non-hydrogen) atoms. The monoisotopic (exact) mass is 359 g/mol. The second-order valence-electron chi connectivity index (χ2n) is 4.24. The molecule has 0 aliphatic heterocycles. The zero-order valence-electron chi connectivity index (χ0n) is 10.5. The van der Waals surface area contributed by atoms with E-state index >= 15 is 0 Å². The summed E-state index contributed by atoms with van der Waals surface area (Å²) in [7, 11) is -4.05. The maximum atomic E-state index is 12.2. The van der Waals surface area contributed by atoms with Gasteiger partial charge < -0.3 is 5.11 Å². The van der Waals surface area contributed by atoms with Crippen LogP contribution in [0.3, 0.4) is 0 Å². The second-order valence-corrected chi connectivity index (χ2v) is 7.14. The summed E-state index contributed by atoms with van der Waals surface area (Å²) in [6, 6.07) is 1.66. The average molecular weight is 361 g/mol. The number of hydrogen-bond donors (Lipinski definition) is 2. The van der Waals surface area contributed by atoms with Gasteiger partial charge in [0.2, 0.25) is 10.0 Å². The molecular formula is C11H12Cl3NO4S. The molecule has 0 aliphatic rings. The first-order valence-electron chi connectivity index (χ1n) is 5.46. The van der Waals surface area contributed by atoms with Crippen molar-refractivity contribution in [2.75, 3.05) is 0 Å². The van der Waals surface area contributed by atoms with Crippen molar-refractivity contribution >= 4 is 50.8 Å². The van der Waals surface area contributed by atoms with Crippen LogP contribution in [0.1, 0.15) is 13.8 Å². The number of aliphatic carboxylic acids is 1. The van der Waals surface area contributed by atoms with Crippen molar-refractivity contribution in [1.29, 1.82) is 0 Å². The van der Waals surface area contributed by atoms with E-state index in [4.69, 9.17) is 39.9 Å². The van der Waals surface area contributed by atoms with E-state index < -0.39 is 28.0 Å². The van der Waals surface area contributed by atoms with Crippen molar-refractivity contribution in [2.45, 2.75) is 24.8 Å². The van der Waals surface area contributed by atoms with Gasteiger partial charge in [0, 0.05) is 11.1 Å². The van der Waals surface area contributed by atoms with Crippen LogP contribution in [0.15, 0.2) is 17.0 Å². The van der Waals surface area contributed by atoms with Gasteiger partial charge in [-0.2, -0.15) is 0 Å². The molecule has 112 valence electrons. The predicted molar refractivity (Wildman–Crippen MR) is 78.1 cm³/mol. The molecule has 0 heterocycles. The van der Waals surface area contributed by atoms with Gasteiger partial charge in [0.25, 0.3) is 0 Å². The summed E-state index contributed by atoms with van der Waals surface area (Å²) in [4.78, 5) is 10.5. The molecule has 0 saturated heterocycles. The minimum absolute atomic E-state index is 0.134. The molecule has 5 nitrogen and oxygen atoms in total. The van der Waals surface area contributed by atoms with Crippen molar-refractivity contribution in [3.63, 3.8) is 0 Å². The molecule has 2 unspecified atom stereocenters. The van der Waals surface area contributed by atoms with Gasteiger partial charge in [-0.3, -0.25) is 4.79 Å². The fourth-order valence-electron chi connectivity index (χ4n) is 1.41. The van der Waals surface area contributed by atoms with E-state index in [9.17, 15) is 13.2 Å². The summed E-state index contributed by atoms with van der Waals surface area (Å²) in [6.07, 6.45) is 0. The lowest BCUT2D eigenvalue weighted by molar-refractivity contribution is -0.141. The van der Waals surface area contributed by atoms with Crippen molar-refractivity contribution < 1.29 is 18.3 Å². The Labute approximate surface area is 131 Å². The lowest BCUT2D eigenvalue weighted by Crippen LogP contribution is -2.40. The van der Waals surface area contributed by atoms with Gasteiger partial charge in [0.1, 0.15) is 4.90 Å².